The molecule has 1 aliphatic carbocycles. The molecule has 1 aromatic heterocycles. The number of carbonyl (C=O) groups is 1. The molecule has 0 spiro atoms. The molecule has 0 atom stereocenters. The van der Waals surface area contributed by atoms with E-state index in [0.29, 0.717) is 21.7 Å². The van der Waals surface area contributed by atoms with E-state index in [1.54, 1.807) is 24.4 Å². The number of nitrogens with zero attached hydrogens (tertiary/aromatic N) is 1. The van der Waals surface area contributed by atoms with E-state index in [-0.39, 0.29) is 11.9 Å². The van der Waals surface area contributed by atoms with Crippen LogP contribution in [0.3, 0.4) is 0 Å². The molecule has 24 heavy (non-hydrogen) atoms. The fourth-order valence-electron chi connectivity index (χ4n) is 3.24. The molecule has 0 bridgehead atoms. The van der Waals surface area contributed by atoms with Crippen LogP contribution in [0, 0.1) is 0 Å². The van der Waals surface area contributed by atoms with Crippen LogP contribution >= 0.6 is 11.6 Å². The highest BCUT2D eigenvalue weighted by Gasteiger charge is 2.23. The maximum atomic E-state index is 14.2. The molecule has 3 nitrogen and oxygen atoms in total. The smallest absolute Gasteiger partial charge is 0.253 e. The summed E-state index contributed by atoms with van der Waals surface area (Å²) in [5, 5.41) is 4.17. The van der Waals surface area contributed by atoms with Crippen LogP contribution in [-0.2, 0) is 5.67 Å². The van der Waals surface area contributed by atoms with Crippen molar-refractivity contribution in [1.29, 1.82) is 0 Å². The zero-order chi connectivity index (χ0) is 17.3. The summed E-state index contributed by atoms with van der Waals surface area (Å²) in [5.41, 5.74) is 0.0126. The first kappa shape index (κ1) is 17.2. The van der Waals surface area contributed by atoms with Gasteiger partial charge in [-0.25, -0.2) is 4.39 Å². The van der Waals surface area contributed by atoms with Crippen LogP contribution in [-0.4, -0.2) is 16.9 Å². The standard InChI is InChI=1S/C19H22ClFN2O/c1-19(2,21)15-10-17-12(9-16(15)20)8-13(11-22-17)18(24)23-14-6-4-3-5-7-14/h8-11,14H,3-7H2,1-2H3,(H,23,24). The van der Waals surface area contributed by atoms with Crippen molar-refractivity contribution in [3.05, 3.63) is 40.5 Å². The predicted octanol–water partition coefficient (Wildman–Crippen LogP) is 5.16. The summed E-state index contributed by atoms with van der Waals surface area (Å²) >= 11 is 6.21. The molecule has 1 N–H and O–H groups in total. The topological polar surface area (TPSA) is 42.0 Å². The lowest BCUT2D eigenvalue weighted by molar-refractivity contribution is 0.0927. The Labute approximate surface area is 146 Å². The number of aromatic nitrogens is 1. The average molecular weight is 349 g/mol. The van der Waals surface area contributed by atoms with Gasteiger partial charge in [0.05, 0.1) is 11.1 Å². The minimum absolute atomic E-state index is 0.109. The summed E-state index contributed by atoms with van der Waals surface area (Å²) in [6.45, 7) is 2.93. The van der Waals surface area contributed by atoms with Crippen molar-refractivity contribution in [1.82, 2.24) is 10.3 Å². The Morgan fingerprint density at radius 3 is 2.62 bits per heavy atom. The van der Waals surface area contributed by atoms with E-state index in [4.69, 9.17) is 11.6 Å². The number of nitrogens with one attached hydrogen (secondary N) is 1. The Hall–Kier alpha value is -1.68. The highest BCUT2D eigenvalue weighted by Crippen LogP contribution is 2.34. The van der Waals surface area contributed by atoms with Crippen molar-refractivity contribution < 1.29 is 9.18 Å². The van der Waals surface area contributed by atoms with Crippen LogP contribution in [0.1, 0.15) is 61.9 Å². The zero-order valence-electron chi connectivity index (χ0n) is 14.0. The van der Waals surface area contributed by atoms with Crippen LogP contribution in [0.2, 0.25) is 5.02 Å². The van der Waals surface area contributed by atoms with Crippen LogP contribution in [0.15, 0.2) is 24.4 Å². The van der Waals surface area contributed by atoms with E-state index in [9.17, 15) is 9.18 Å². The Kier molecular flexibility index (Phi) is 4.77. The average Bonchev–Trinajstić information content (AvgIpc) is 2.53. The largest absolute Gasteiger partial charge is 0.349 e. The number of fused-ring (bicyclic) bond motifs is 1. The van der Waals surface area contributed by atoms with Gasteiger partial charge < -0.3 is 5.32 Å². The molecule has 1 aromatic carbocycles. The highest BCUT2D eigenvalue weighted by atomic mass is 35.5. The summed E-state index contributed by atoms with van der Waals surface area (Å²) < 4.78 is 14.2. The van der Waals surface area contributed by atoms with E-state index < -0.39 is 5.67 Å². The molecule has 1 heterocycles. The van der Waals surface area contributed by atoms with Crippen LogP contribution in [0.25, 0.3) is 10.9 Å². The third-order valence-corrected chi connectivity index (χ3v) is 4.93. The van der Waals surface area contributed by atoms with Crippen molar-refractivity contribution in [3.63, 3.8) is 0 Å². The first-order valence-corrected chi connectivity index (χ1v) is 8.82. The van der Waals surface area contributed by atoms with Crippen molar-refractivity contribution in [3.8, 4) is 0 Å². The number of alkyl halides is 1. The highest BCUT2D eigenvalue weighted by molar-refractivity contribution is 6.32. The van der Waals surface area contributed by atoms with Gasteiger partial charge in [0.25, 0.3) is 5.91 Å². The summed E-state index contributed by atoms with van der Waals surface area (Å²) in [7, 11) is 0. The lowest BCUT2D eigenvalue weighted by atomic mass is 9.95. The molecule has 1 aliphatic rings. The minimum Gasteiger partial charge on any atom is -0.349 e. The molecule has 0 radical (unpaired) electrons. The Morgan fingerprint density at radius 2 is 1.96 bits per heavy atom. The van der Waals surface area contributed by atoms with Crippen LogP contribution in [0.5, 0.6) is 0 Å². The van der Waals surface area contributed by atoms with Gasteiger partial charge in [0.2, 0.25) is 0 Å². The van der Waals surface area contributed by atoms with Gasteiger partial charge in [-0.15, -0.1) is 0 Å². The molecule has 2 aromatic rings. The molecule has 128 valence electrons. The molecule has 1 fully saturated rings. The Bertz CT molecular complexity index is 764. The van der Waals surface area contributed by atoms with Gasteiger partial charge >= 0.3 is 0 Å². The first-order valence-electron chi connectivity index (χ1n) is 8.44. The number of rotatable bonds is 3. The molecule has 0 unspecified atom stereocenters. The van der Waals surface area contributed by atoms with Gasteiger partial charge in [0, 0.05) is 28.2 Å². The number of hydrogen-bond acceptors (Lipinski definition) is 2. The molecule has 1 saturated carbocycles. The van der Waals surface area contributed by atoms with Crippen molar-refractivity contribution in [2.45, 2.75) is 57.7 Å². The molecular weight excluding hydrogens is 327 g/mol. The molecule has 1 amide bonds. The Balaban J connectivity index is 1.86. The Morgan fingerprint density at radius 1 is 1.25 bits per heavy atom. The lowest BCUT2D eigenvalue weighted by Gasteiger charge is -2.22. The van der Waals surface area contributed by atoms with Gasteiger partial charge in [-0.3, -0.25) is 9.78 Å². The van der Waals surface area contributed by atoms with Crippen molar-refractivity contribution in [2.24, 2.45) is 0 Å². The number of carbonyl (C=O) groups excluding carboxylic acids is 1. The normalized spacial score (nSPS) is 16.3. The number of amides is 1. The fourth-order valence-corrected chi connectivity index (χ4v) is 3.64. The van der Waals surface area contributed by atoms with Crippen molar-refractivity contribution in [2.75, 3.05) is 0 Å². The van der Waals surface area contributed by atoms with Crippen LogP contribution < -0.4 is 5.32 Å². The predicted molar refractivity (Wildman–Crippen MR) is 95.2 cm³/mol. The molecule has 0 aliphatic heterocycles. The van der Waals surface area contributed by atoms with Crippen molar-refractivity contribution >= 4 is 28.4 Å². The summed E-state index contributed by atoms with van der Waals surface area (Å²) in [6.07, 6.45) is 7.19. The second-order valence-electron chi connectivity index (χ2n) is 7.03. The third kappa shape index (κ3) is 3.69. The second-order valence-corrected chi connectivity index (χ2v) is 7.44. The number of pyridine rings is 1. The second kappa shape index (κ2) is 6.67. The third-order valence-electron chi connectivity index (χ3n) is 4.61. The lowest BCUT2D eigenvalue weighted by Crippen LogP contribution is -2.36. The first-order chi connectivity index (χ1) is 11.3. The molecular formula is C19H22ClFN2O. The molecule has 0 saturated heterocycles. The van der Waals surface area contributed by atoms with Gasteiger partial charge in [0.15, 0.2) is 0 Å². The summed E-state index contributed by atoms with van der Waals surface area (Å²) in [6, 6.07) is 5.35. The van der Waals surface area contributed by atoms with Crippen LogP contribution in [0.4, 0.5) is 4.39 Å². The number of halogens is 2. The van der Waals surface area contributed by atoms with E-state index in [2.05, 4.69) is 10.3 Å². The maximum absolute atomic E-state index is 14.2. The fraction of sp³-hybridized carbons (Fsp3) is 0.474. The molecule has 3 rings (SSSR count). The number of hydrogen-bond donors (Lipinski definition) is 1. The van der Waals surface area contributed by atoms with E-state index in [0.717, 1.165) is 31.1 Å². The number of benzene rings is 1. The van der Waals surface area contributed by atoms with Gasteiger partial charge in [-0.2, -0.15) is 0 Å². The summed E-state index contributed by atoms with van der Waals surface area (Å²) in [4.78, 5) is 16.7. The van der Waals surface area contributed by atoms with E-state index in [1.165, 1.54) is 20.3 Å². The maximum Gasteiger partial charge on any atom is 0.253 e. The van der Waals surface area contributed by atoms with Gasteiger partial charge in [-0.05, 0) is 44.9 Å². The van der Waals surface area contributed by atoms with E-state index in [1.807, 2.05) is 0 Å². The monoisotopic (exact) mass is 348 g/mol. The quantitative estimate of drug-likeness (QED) is 0.832. The van der Waals surface area contributed by atoms with Gasteiger partial charge in [-0.1, -0.05) is 30.9 Å². The zero-order valence-corrected chi connectivity index (χ0v) is 14.8. The van der Waals surface area contributed by atoms with Gasteiger partial charge in [0.1, 0.15) is 5.67 Å². The molecule has 5 heteroatoms. The summed E-state index contributed by atoms with van der Waals surface area (Å²) in [5.74, 6) is -0.109. The minimum atomic E-state index is -1.54. The van der Waals surface area contributed by atoms with E-state index >= 15 is 0 Å². The SMILES string of the molecule is CC(C)(F)c1cc2ncc(C(=O)NC3CCCCC3)cc2cc1Cl.